The maximum Gasteiger partial charge on any atom is 0.262 e. The van der Waals surface area contributed by atoms with Crippen LogP contribution in [0.15, 0.2) is 29.3 Å². The van der Waals surface area contributed by atoms with Crippen LogP contribution in [0, 0.1) is 6.92 Å². The van der Waals surface area contributed by atoms with Crippen molar-refractivity contribution < 1.29 is 8.42 Å². The molecule has 2 aromatic rings. The fourth-order valence-electron chi connectivity index (χ4n) is 2.52. The van der Waals surface area contributed by atoms with E-state index in [0.717, 1.165) is 30.6 Å². The van der Waals surface area contributed by atoms with Crippen molar-refractivity contribution >= 4 is 21.4 Å². The van der Waals surface area contributed by atoms with Gasteiger partial charge in [0.15, 0.2) is 0 Å². The molecule has 0 aliphatic carbocycles. The summed E-state index contributed by atoms with van der Waals surface area (Å²) in [6.45, 7) is 2.71. The third kappa shape index (κ3) is 2.73. The van der Waals surface area contributed by atoms with E-state index < -0.39 is 10.0 Å². The minimum absolute atomic E-state index is 0.285. The number of anilines is 2. The quantitative estimate of drug-likeness (QED) is 0.908. The molecule has 2 heterocycles. The predicted octanol–water partition coefficient (Wildman–Crippen LogP) is 1.89. The molecule has 7 heteroatoms. The second-order valence-electron chi connectivity index (χ2n) is 5.26. The van der Waals surface area contributed by atoms with Crippen LogP contribution in [-0.4, -0.2) is 24.7 Å². The van der Waals surface area contributed by atoms with Gasteiger partial charge in [-0.25, -0.2) is 8.42 Å². The van der Waals surface area contributed by atoms with Crippen LogP contribution in [-0.2, 0) is 23.5 Å². The van der Waals surface area contributed by atoms with Gasteiger partial charge in [0.25, 0.3) is 10.0 Å². The molecule has 21 heavy (non-hydrogen) atoms. The minimum Gasteiger partial charge on any atom is -0.385 e. The van der Waals surface area contributed by atoms with E-state index in [-0.39, 0.29) is 4.90 Å². The number of aryl methyl sites for hydroxylation is 3. The standard InChI is InChI=1S/C14H18N4O2S/c1-10-14(9-18(2)16-10)17-21(19,20)12-5-6-13-11(8-12)4-3-7-15-13/h5-6,8-9,15,17H,3-4,7H2,1-2H3. The van der Waals surface area contributed by atoms with Crippen molar-refractivity contribution in [2.24, 2.45) is 7.05 Å². The Kier molecular flexibility index (Phi) is 3.36. The number of hydrogen-bond donors (Lipinski definition) is 2. The average molecular weight is 306 g/mol. The van der Waals surface area contributed by atoms with E-state index in [1.165, 1.54) is 0 Å². The first-order valence-corrected chi connectivity index (χ1v) is 8.34. The Morgan fingerprint density at radius 2 is 2.19 bits per heavy atom. The summed E-state index contributed by atoms with van der Waals surface area (Å²) in [5, 5.41) is 7.41. The molecule has 1 aromatic carbocycles. The molecule has 0 radical (unpaired) electrons. The van der Waals surface area contributed by atoms with Gasteiger partial charge in [-0.1, -0.05) is 0 Å². The number of benzene rings is 1. The van der Waals surface area contributed by atoms with E-state index in [1.807, 2.05) is 6.07 Å². The summed E-state index contributed by atoms with van der Waals surface area (Å²) in [5.74, 6) is 0. The Bertz CT molecular complexity index is 780. The van der Waals surface area contributed by atoms with Crippen LogP contribution in [0.2, 0.25) is 0 Å². The molecule has 0 unspecified atom stereocenters. The summed E-state index contributed by atoms with van der Waals surface area (Å²) in [4.78, 5) is 0.285. The summed E-state index contributed by atoms with van der Waals surface area (Å²) in [7, 11) is -1.83. The van der Waals surface area contributed by atoms with Crippen molar-refractivity contribution in [3.63, 3.8) is 0 Å². The monoisotopic (exact) mass is 306 g/mol. The van der Waals surface area contributed by atoms with Crippen molar-refractivity contribution in [3.8, 4) is 0 Å². The fraction of sp³-hybridized carbons (Fsp3) is 0.357. The first-order chi connectivity index (χ1) is 9.95. The number of rotatable bonds is 3. The molecule has 6 nitrogen and oxygen atoms in total. The van der Waals surface area contributed by atoms with Crippen LogP contribution in [0.25, 0.3) is 0 Å². The Hall–Kier alpha value is -2.02. The molecule has 1 aliphatic rings. The van der Waals surface area contributed by atoms with Gasteiger partial charge >= 0.3 is 0 Å². The lowest BCUT2D eigenvalue weighted by molar-refractivity contribution is 0.601. The van der Waals surface area contributed by atoms with E-state index >= 15 is 0 Å². The molecule has 0 spiro atoms. The highest BCUT2D eigenvalue weighted by molar-refractivity contribution is 7.92. The van der Waals surface area contributed by atoms with E-state index in [1.54, 1.807) is 37.0 Å². The maximum absolute atomic E-state index is 12.5. The highest BCUT2D eigenvalue weighted by Gasteiger charge is 2.19. The van der Waals surface area contributed by atoms with Crippen molar-refractivity contribution in [3.05, 3.63) is 35.7 Å². The third-order valence-electron chi connectivity index (χ3n) is 3.58. The lowest BCUT2D eigenvalue weighted by Crippen LogP contribution is -2.16. The lowest BCUT2D eigenvalue weighted by atomic mass is 10.0. The van der Waals surface area contributed by atoms with Crippen LogP contribution in [0.3, 0.4) is 0 Å². The van der Waals surface area contributed by atoms with Gasteiger partial charge in [0.2, 0.25) is 0 Å². The van der Waals surface area contributed by atoms with Crippen molar-refractivity contribution in [2.45, 2.75) is 24.7 Å². The van der Waals surface area contributed by atoms with Crippen LogP contribution >= 0.6 is 0 Å². The highest BCUT2D eigenvalue weighted by atomic mass is 32.2. The smallest absolute Gasteiger partial charge is 0.262 e. The molecule has 112 valence electrons. The summed E-state index contributed by atoms with van der Waals surface area (Å²) >= 11 is 0. The Morgan fingerprint density at radius 1 is 1.38 bits per heavy atom. The molecule has 0 saturated heterocycles. The highest BCUT2D eigenvalue weighted by Crippen LogP contribution is 2.26. The average Bonchev–Trinajstić information content (AvgIpc) is 2.75. The molecule has 0 amide bonds. The van der Waals surface area contributed by atoms with E-state index in [4.69, 9.17) is 0 Å². The number of aromatic nitrogens is 2. The second kappa shape index (κ2) is 5.07. The third-order valence-corrected chi connectivity index (χ3v) is 4.95. The van der Waals surface area contributed by atoms with Gasteiger partial charge < -0.3 is 5.32 Å². The van der Waals surface area contributed by atoms with Gasteiger partial charge in [-0.2, -0.15) is 5.10 Å². The predicted molar refractivity (Wildman–Crippen MR) is 82.0 cm³/mol. The lowest BCUT2D eigenvalue weighted by Gasteiger charge is -2.18. The van der Waals surface area contributed by atoms with Gasteiger partial charge in [0, 0.05) is 25.5 Å². The molecule has 2 N–H and O–H groups in total. The van der Waals surface area contributed by atoms with E-state index in [9.17, 15) is 8.42 Å². The minimum atomic E-state index is -3.59. The molecular formula is C14H18N4O2S. The Morgan fingerprint density at radius 3 is 2.90 bits per heavy atom. The van der Waals surface area contributed by atoms with Crippen molar-refractivity contribution in [1.29, 1.82) is 0 Å². The molecule has 1 aromatic heterocycles. The molecule has 0 atom stereocenters. The van der Waals surface area contributed by atoms with Gasteiger partial charge in [-0.15, -0.1) is 0 Å². The van der Waals surface area contributed by atoms with Gasteiger partial charge in [0.1, 0.15) is 0 Å². The largest absolute Gasteiger partial charge is 0.385 e. The first kappa shape index (κ1) is 13.9. The SMILES string of the molecule is Cc1nn(C)cc1NS(=O)(=O)c1ccc2c(c1)CCCN2. The zero-order chi connectivity index (χ0) is 15.0. The summed E-state index contributed by atoms with van der Waals surface area (Å²) in [6, 6.07) is 5.21. The van der Waals surface area contributed by atoms with Gasteiger partial charge in [-0.3, -0.25) is 9.40 Å². The van der Waals surface area contributed by atoms with Crippen molar-refractivity contribution in [1.82, 2.24) is 9.78 Å². The first-order valence-electron chi connectivity index (χ1n) is 6.85. The van der Waals surface area contributed by atoms with Gasteiger partial charge in [-0.05, 0) is 43.5 Å². The van der Waals surface area contributed by atoms with Crippen molar-refractivity contribution in [2.75, 3.05) is 16.6 Å². The second-order valence-corrected chi connectivity index (χ2v) is 6.94. The molecule has 0 bridgehead atoms. The van der Waals surface area contributed by atoms with Crippen LogP contribution in [0.5, 0.6) is 0 Å². The number of hydrogen-bond acceptors (Lipinski definition) is 4. The van der Waals surface area contributed by atoms with Crippen LogP contribution in [0.4, 0.5) is 11.4 Å². The van der Waals surface area contributed by atoms with Crippen LogP contribution < -0.4 is 10.0 Å². The molecule has 3 rings (SSSR count). The molecular weight excluding hydrogens is 288 g/mol. The number of fused-ring (bicyclic) bond motifs is 1. The normalized spacial score (nSPS) is 14.4. The number of sulfonamides is 1. The maximum atomic E-state index is 12.5. The zero-order valence-electron chi connectivity index (χ0n) is 12.0. The summed E-state index contributed by atoms with van der Waals surface area (Å²) in [6.07, 6.45) is 3.58. The molecule has 1 aliphatic heterocycles. The van der Waals surface area contributed by atoms with Gasteiger partial charge in [0.05, 0.1) is 16.3 Å². The topological polar surface area (TPSA) is 76.0 Å². The Labute approximate surface area is 124 Å². The number of nitrogens with one attached hydrogen (secondary N) is 2. The summed E-state index contributed by atoms with van der Waals surface area (Å²) in [5.41, 5.74) is 3.24. The van der Waals surface area contributed by atoms with Crippen LogP contribution in [0.1, 0.15) is 17.7 Å². The fourth-order valence-corrected chi connectivity index (χ4v) is 3.67. The Balaban J connectivity index is 1.93. The number of nitrogens with zero attached hydrogens (tertiary/aromatic N) is 2. The zero-order valence-corrected chi connectivity index (χ0v) is 12.9. The van der Waals surface area contributed by atoms with E-state index in [0.29, 0.717) is 11.4 Å². The molecule has 0 saturated carbocycles. The summed E-state index contributed by atoms with van der Waals surface area (Å²) < 4.78 is 29.1. The molecule has 0 fully saturated rings. The van der Waals surface area contributed by atoms with E-state index in [2.05, 4.69) is 15.1 Å².